The molecule has 1 aromatic rings. The topological polar surface area (TPSA) is 59.1 Å². The summed E-state index contributed by atoms with van der Waals surface area (Å²) in [4.78, 5) is 25.0. The van der Waals surface area contributed by atoms with Gasteiger partial charge >= 0.3 is 0 Å². The molecule has 1 aromatic heterocycles. The molecule has 4 nitrogen and oxygen atoms in total. The molecule has 13 heavy (non-hydrogen) atoms. The smallest absolute Gasteiger partial charge is 0.226 e. The van der Waals surface area contributed by atoms with Crippen molar-refractivity contribution in [3.8, 4) is 0 Å². The van der Waals surface area contributed by atoms with Gasteiger partial charge in [-0.05, 0) is 12.1 Å². The van der Waals surface area contributed by atoms with Crippen molar-refractivity contribution < 1.29 is 9.59 Å². The molecule has 0 atom stereocenters. The molecule has 1 heterocycles. The van der Waals surface area contributed by atoms with Crippen LogP contribution in [0.2, 0.25) is 0 Å². The monoisotopic (exact) mass is 178 g/mol. The number of aldehydes is 1. The number of aromatic nitrogens is 1. The van der Waals surface area contributed by atoms with Gasteiger partial charge in [0, 0.05) is 11.9 Å². The van der Waals surface area contributed by atoms with Gasteiger partial charge < -0.3 is 10.1 Å². The molecule has 68 valence electrons. The highest BCUT2D eigenvalue weighted by Gasteiger charge is 2.01. The predicted molar refractivity (Wildman–Crippen MR) is 47.0 cm³/mol. The first-order chi connectivity index (χ1) is 6.33. The maximum absolute atomic E-state index is 11.1. The Bertz CT molecular complexity index is 285. The fourth-order valence-electron chi connectivity index (χ4n) is 0.885. The lowest BCUT2D eigenvalue weighted by atomic mass is 10.2. The Morgan fingerprint density at radius 1 is 1.54 bits per heavy atom. The molecule has 0 unspecified atom stereocenters. The first-order valence-corrected chi connectivity index (χ1v) is 3.93. The van der Waals surface area contributed by atoms with Crippen LogP contribution >= 0.6 is 0 Å². The van der Waals surface area contributed by atoms with Crippen molar-refractivity contribution in [1.82, 2.24) is 10.3 Å². The minimum atomic E-state index is -0.189. The highest BCUT2D eigenvalue weighted by Crippen LogP contribution is 1.93. The predicted octanol–water partition coefficient (Wildman–Crippen LogP) is -0.0608. The molecule has 0 saturated heterocycles. The third kappa shape index (κ3) is 3.46. The highest BCUT2D eigenvalue weighted by molar-refractivity contribution is 5.80. The Hall–Kier alpha value is -1.71. The summed E-state index contributed by atoms with van der Waals surface area (Å²) in [7, 11) is 0. The van der Waals surface area contributed by atoms with Crippen molar-refractivity contribution >= 4 is 12.2 Å². The molecule has 1 rings (SSSR count). The van der Waals surface area contributed by atoms with Crippen molar-refractivity contribution in [3.05, 3.63) is 30.1 Å². The van der Waals surface area contributed by atoms with Crippen LogP contribution in [0.1, 0.15) is 5.69 Å². The Morgan fingerprint density at radius 2 is 2.38 bits per heavy atom. The number of amides is 1. The molecule has 1 N–H and O–H groups in total. The Labute approximate surface area is 76.0 Å². The minimum absolute atomic E-state index is 0.0612. The first-order valence-electron chi connectivity index (χ1n) is 3.93. The van der Waals surface area contributed by atoms with E-state index in [9.17, 15) is 9.59 Å². The maximum Gasteiger partial charge on any atom is 0.226 e. The van der Waals surface area contributed by atoms with E-state index in [1.54, 1.807) is 18.3 Å². The molecule has 0 aliphatic rings. The van der Waals surface area contributed by atoms with Gasteiger partial charge in [-0.3, -0.25) is 9.78 Å². The van der Waals surface area contributed by atoms with Crippen molar-refractivity contribution in [2.75, 3.05) is 6.54 Å². The lowest BCUT2D eigenvalue weighted by Gasteiger charge is -1.99. The number of carbonyl (C=O) groups excluding carboxylic acids is 2. The zero-order valence-corrected chi connectivity index (χ0v) is 7.06. The Morgan fingerprint density at radius 3 is 3.00 bits per heavy atom. The van der Waals surface area contributed by atoms with E-state index in [1.165, 1.54) is 0 Å². The third-order valence-corrected chi connectivity index (χ3v) is 1.45. The number of nitrogens with one attached hydrogen (secondary N) is 1. The zero-order chi connectivity index (χ0) is 9.52. The van der Waals surface area contributed by atoms with Gasteiger partial charge in [-0.15, -0.1) is 0 Å². The van der Waals surface area contributed by atoms with E-state index in [-0.39, 0.29) is 18.9 Å². The largest absolute Gasteiger partial charge is 0.349 e. The number of rotatable bonds is 4. The normalized spacial score (nSPS) is 9.23. The van der Waals surface area contributed by atoms with E-state index >= 15 is 0 Å². The molecule has 0 bridgehead atoms. The maximum atomic E-state index is 11.1. The molecule has 0 spiro atoms. The molecule has 0 fully saturated rings. The van der Waals surface area contributed by atoms with Crippen molar-refractivity contribution in [2.24, 2.45) is 0 Å². The van der Waals surface area contributed by atoms with Crippen LogP contribution < -0.4 is 5.32 Å². The van der Waals surface area contributed by atoms with Crippen LogP contribution in [0.5, 0.6) is 0 Å². The van der Waals surface area contributed by atoms with Gasteiger partial charge in [0.1, 0.15) is 6.29 Å². The SMILES string of the molecule is O=CCNC(=O)Cc1ccccn1. The van der Waals surface area contributed by atoms with Gasteiger partial charge in [0.05, 0.1) is 13.0 Å². The first kappa shape index (κ1) is 9.38. The van der Waals surface area contributed by atoms with Crippen LogP contribution in [0.3, 0.4) is 0 Å². The third-order valence-electron chi connectivity index (χ3n) is 1.45. The molecule has 0 aliphatic heterocycles. The molecule has 4 heteroatoms. The molecule has 0 saturated carbocycles. The van der Waals surface area contributed by atoms with Crippen molar-refractivity contribution in [2.45, 2.75) is 6.42 Å². The molecular weight excluding hydrogens is 168 g/mol. The van der Waals surface area contributed by atoms with E-state index in [0.717, 1.165) is 0 Å². The fourth-order valence-corrected chi connectivity index (χ4v) is 0.885. The average Bonchev–Trinajstić information content (AvgIpc) is 2.16. The van der Waals surface area contributed by atoms with Gasteiger partial charge in [0.15, 0.2) is 0 Å². The standard InChI is InChI=1S/C9H10N2O2/c12-6-5-11-9(13)7-8-3-1-2-4-10-8/h1-4,6H,5,7H2,(H,11,13). The van der Waals surface area contributed by atoms with Gasteiger partial charge in [-0.2, -0.15) is 0 Å². The van der Waals surface area contributed by atoms with Crippen LogP contribution in [-0.2, 0) is 16.0 Å². The summed E-state index contributed by atoms with van der Waals surface area (Å²) in [6.07, 6.45) is 2.49. The molecule has 0 aliphatic carbocycles. The average molecular weight is 178 g/mol. The second-order valence-electron chi connectivity index (χ2n) is 2.47. The van der Waals surface area contributed by atoms with Crippen molar-refractivity contribution in [1.29, 1.82) is 0 Å². The Kier molecular flexibility index (Phi) is 3.63. The number of nitrogens with zero attached hydrogens (tertiary/aromatic N) is 1. The van der Waals surface area contributed by atoms with E-state index in [4.69, 9.17) is 0 Å². The number of hydrogen-bond acceptors (Lipinski definition) is 3. The fraction of sp³-hybridized carbons (Fsp3) is 0.222. The summed E-state index contributed by atoms with van der Waals surface area (Å²) < 4.78 is 0. The van der Waals surface area contributed by atoms with E-state index < -0.39 is 0 Å². The number of carbonyl (C=O) groups is 2. The summed E-state index contributed by atoms with van der Waals surface area (Å²) in [5.74, 6) is -0.189. The Balaban J connectivity index is 2.41. The van der Waals surface area contributed by atoms with Crippen LogP contribution in [0, 0.1) is 0 Å². The molecule has 0 radical (unpaired) electrons. The minimum Gasteiger partial charge on any atom is -0.349 e. The van der Waals surface area contributed by atoms with Crippen molar-refractivity contribution in [3.63, 3.8) is 0 Å². The second-order valence-corrected chi connectivity index (χ2v) is 2.47. The van der Waals surface area contributed by atoms with Gasteiger partial charge in [-0.25, -0.2) is 0 Å². The lowest BCUT2D eigenvalue weighted by Crippen LogP contribution is -2.26. The van der Waals surface area contributed by atoms with Gasteiger partial charge in [-0.1, -0.05) is 6.07 Å². The zero-order valence-electron chi connectivity index (χ0n) is 7.06. The van der Waals surface area contributed by atoms with Crippen LogP contribution in [-0.4, -0.2) is 23.7 Å². The number of hydrogen-bond donors (Lipinski definition) is 1. The summed E-state index contributed by atoms with van der Waals surface area (Å²) >= 11 is 0. The van der Waals surface area contributed by atoms with Gasteiger partial charge in [0.2, 0.25) is 5.91 Å². The highest BCUT2D eigenvalue weighted by atomic mass is 16.2. The molecule has 1 amide bonds. The summed E-state index contributed by atoms with van der Waals surface area (Å²) in [6.45, 7) is 0.0612. The number of pyridine rings is 1. The summed E-state index contributed by atoms with van der Waals surface area (Å²) in [5, 5.41) is 2.43. The van der Waals surface area contributed by atoms with E-state index in [1.807, 2.05) is 6.07 Å². The van der Waals surface area contributed by atoms with Gasteiger partial charge in [0.25, 0.3) is 0 Å². The van der Waals surface area contributed by atoms with E-state index in [0.29, 0.717) is 12.0 Å². The summed E-state index contributed by atoms with van der Waals surface area (Å²) in [6, 6.07) is 5.36. The summed E-state index contributed by atoms with van der Waals surface area (Å²) in [5.41, 5.74) is 0.700. The second kappa shape index (κ2) is 5.03. The lowest BCUT2D eigenvalue weighted by molar-refractivity contribution is -0.121. The van der Waals surface area contributed by atoms with Crippen LogP contribution in [0.25, 0.3) is 0 Å². The van der Waals surface area contributed by atoms with Crippen LogP contribution in [0.15, 0.2) is 24.4 Å². The van der Waals surface area contributed by atoms with E-state index in [2.05, 4.69) is 10.3 Å². The van der Waals surface area contributed by atoms with Crippen LogP contribution in [0.4, 0.5) is 0 Å². The molecule has 0 aromatic carbocycles. The molecular formula is C9H10N2O2. The quantitative estimate of drug-likeness (QED) is 0.657.